The zero-order valence-corrected chi connectivity index (χ0v) is 13.5. The van der Waals surface area contributed by atoms with Gasteiger partial charge in [-0.05, 0) is 25.0 Å². The van der Waals surface area contributed by atoms with Crippen LogP contribution >= 0.6 is 11.8 Å². The van der Waals surface area contributed by atoms with Crippen molar-refractivity contribution >= 4 is 33.4 Å². The number of aromatic nitrogens is 1. The number of anilines is 1. The van der Waals surface area contributed by atoms with Gasteiger partial charge in [0.2, 0.25) is 0 Å². The van der Waals surface area contributed by atoms with Gasteiger partial charge in [0.25, 0.3) is 0 Å². The predicted octanol–water partition coefficient (Wildman–Crippen LogP) is 3.34. The van der Waals surface area contributed by atoms with Gasteiger partial charge in [0, 0.05) is 23.7 Å². The third-order valence-electron chi connectivity index (χ3n) is 4.59. The Morgan fingerprint density at radius 3 is 2.95 bits per heavy atom. The topological polar surface area (TPSA) is 66.2 Å². The Hall–Kier alpha value is -1.46. The van der Waals surface area contributed by atoms with E-state index in [-0.39, 0.29) is 6.04 Å². The number of hydrogen-bond acceptors (Lipinski definition) is 4. The van der Waals surface area contributed by atoms with Crippen molar-refractivity contribution in [3.63, 3.8) is 0 Å². The number of nitrogens with zero attached hydrogens (tertiary/aromatic N) is 1. The van der Waals surface area contributed by atoms with Crippen LogP contribution in [0, 0.1) is 0 Å². The molecule has 1 atom stereocenters. The second-order valence-corrected chi connectivity index (χ2v) is 7.22. The summed E-state index contributed by atoms with van der Waals surface area (Å²) in [7, 11) is 0. The Labute approximate surface area is 135 Å². The lowest BCUT2D eigenvalue weighted by Gasteiger charge is -2.14. The summed E-state index contributed by atoms with van der Waals surface area (Å²) >= 11 is 1.80. The molecule has 2 aromatic rings. The van der Waals surface area contributed by atoms with Crippen LogP contribution in [0.4, 0.5) is 5.69 Å². The van der Waals surface area contributed by atoms with E-state index < -0.39 is 0 Å². The van der Waals surface area contributed by atoms with Crippen molar-refractivity contribution in [2.24, 2.45) is 10.7 Å². The van der Waals surface area contributed by atoms with Crippen molar-refractivity contribution < 1.29 is 0 Å². The average Bonchev–Trinajstić information content (AvgIpc) is 3.27. The number of thioether (sulfide) groups is 1. The normalized spacial score (nSPS) is 22.4. The molecule has 1 aliphatic heterocycles. The van der Waals surface area contributed by atoms with E-state index in [0.717, 1.165) is 16.5 Å². The maximum atomic E-state index is 5.72. The van der Waals surface area contributed by atoms with E-state index in [4.69, 9.17) is 10.7 Å². The van der Waals surface area contributed by atoms with Gasteiger partial charge in [-0.25, -0.2) is 0 Å². The minimum absolute atomic E-state index is 0.266. The summed E-state index contributed by atoms with van der Waals surface area (Å²) in [5.74, 6) is 0.994. The van der Waals surface area contributed by atoms with Crippen LogP contribution in [0.2, 0.25) is 0 Å². The van der Waals surface area contributed by atoms with E-state index in [2.05, 4.69) is 34.6 Å². The molecule has 0 spiro atoms. The molecule has 4 rings (SSSR count). The maximum Gasteiger partial charge on any atom is 0.114 e. The highest BCUT2D eigenvalue weighted by Gasteiger charge is 2.20. The molecule has 1 aromatic carbocycles. The second-order valence-electron chi connectivity index (χ2n) is 6.21. The Kier molecular flexibility index (Phi) is 3.84. The number of H-pyrrole nitrogens is 1. The quantitative estimate of drug-likeness (QED) is 0.811. The minimum atomic E-state index is 0.266. The number of fused-ring (bicyclic) bond motifs is 1. The number of aliphatic imine (C=N–C) groups is 1. The van der Waals surface area contributed by atoms with Gasteiger partial charge in [0.05, 0.1) is 22.9 Å². The number of nitrogens with two attached hydrogens (primary N) is 1. The van der Waals surface area contributed by atoms with Crippen molar-refractivity contribution in [3.8, 4) is 0 Å². The highest BCUT2D eigenvalue weighted by molar-refractivity contribution is 8.14. The first kappa shape index (κ1) is 14.2. The molecule has 22 heavy (non-hydrogen) atoms. The van der Waals surface area contributed by atoms with E-state index in [0.29, 0.717) is 12.6 Å². The van der Waals surface area contributed by atoms with Gasteiger partial charge in [0.15, 0.2) is 0 Å². The molecule has 4 N–H and O–H groups in total. The van der Waals surface area contributed by atoms with Crippen molar-refractivity contribution in [2.75, 3.05) is 17.6 Å². The van der Waals surface area contributed by atoms with E-state index >= 15 is 0 Å². The van der Waals surface area contributed by atoms with Crippen LogP contribution in [0.3, 0.4) is 0 Å². The van der Waals surface area contributed by atoms with Gasteiger partial charge in [0.1, 0.15) is 5.04 Å². The largest absolute Gasteiger partial charge is 0.381 e. The number of benzene rings is 1. The Bertz CT molecular complexity index is 700. The Balaban J connectivity index is 1.65. The van der Waals surface area contributed by atoms with Crippen LogP contribution in [0.5, 0.6) is 0 Å². The third-order valence-corrected chi connectivity index (χ3v) is 5.74. The zero-order valence-electron chi connectivity index (χ0n) is 12.6. The van der Waals surface area contributed by atoms with E-state index in [1.807, 2.05) is 0 Å². The van der Waals surface area contributed by atoms with Crippen LogP contribution in [0.1, 0.15) is 31.4 Å². The molecule has 1 aromatic heterocycles. The fourth-order valence-electron chi connectivity index (χ4n) is 3.37. The summed E-state index contributed by atoms with van der Waals surface area (Å²) in [6.45, 7) is 0.630. The molecule has 0 amide bonds. The number of para-hydroxylation sites is 1. The van der Waals surface area contributed by atoms with Crippen molar-refractivity contribution in [1.82, 2.24) is 4.98 Å². The lowest BCUT2D eigenvalue weighted by molar-refractivity contribution is 0.756. The van der Waals surface area contributed by atoms with E-state index in [9.17, 15) is 0 Å². The Morgan fingerprint density at radius 1 is 1.32 bits per heavy atom. The number of aromatic amines is 1. The number of rotatable bonds is 4. The average molecular weight is 314 g/mol. The predicted molar refractivity (Wildman–Crippen MR) is 96.0 cm³/mol. The summed E-state index contributed by atoms with van der Waals surface area (Å²) in [5, 5.41) is 6.05. The smallest absolute Gasteiger partial charge is 0.114 e. The molecule has 0 bridgehead atoms. The monoisotopic (exact) mass is 314 g/mol. The standard InChI is InChI=1S/C17H22N4S/c18-9-13-10-22-17(20-13)15-8-11-4-3-7-14(16(11)21-15)19-12-5-1-2-6-12/h3-4,7-8,12-13,19,21H,1-2,5-6,9-10,18H2/t13-/m1/s1. The van der Waals surface area contributed by atoms with Crippen LogP contribution < -0.4 is 11.1 Å². The lowest BCUT2D eigenvalue weighted by atomic mass is 10.2. The highest BCUT2D eigenvalue weighted by Crippen LogP contribution is 2.30. The van der Waals surface area contributed by atoms with Crippen LogP contribution in [-0.4, -0.2) is 34.4 Å². The van der Waals surface area contributed by atoms with Gasteiger partial charge in [-0.3, -0.25) is 4.99 Å². The van der Waals surface area contributed by atoms with Gasteiger partial charge in [-0.15, -0.1) is 11.8 Å². The van der Waals surface area contributed by atoms with E-state index in [1.54, 1.807) is 11.8 Å². The first-order valence-electron chi connectivity index (χ1n) is 8.13. The molecular weight excluding hydrogens is 292 g/mol. The van der Waals surface area contributed by atoms with Crippen molar-refractivity contribution in [1.29, 1.82) is 0 Å². The van der Waals surface area contributed by atoms with Crippen LogP contribution in [0.15, 0.2) is 29.3 Å². The number of nitrogens with one attached hydrogen (secondary N) is 2. The van der Waals surface area contributed by atoms with Gasteiger partial charge in [-0.1, -0.05) is 25.0 Å². The number of hydrogen-bond donors (Lipinski definition) is 3. The fraction of sp³-hybridized carbons (Fsp3) is 0.471. The van der Waals surface area contributed by atoms with Crippen LogP contribution in [-0.2, 0) is 0 Å². The molecule has 0 radical (unpaired) electrons. The molecule has 2 aliphatic rings. The minimum Gasteiger partial charge on any atom is -0.381 e. The molecule has 1 aliphatic carbocycles. The molecule has 0 saturated heterocycles. The highest BCUT2D eigenvalue weighted by atomic mass is 32.2. The molecule has 116 valence electrons. The summed E-state index contributed by atoms with van der Waals surface area (Å²) in [6, 6.07) is 9.56. The third kappa shape index (κ3) is 2.63. The van der Waals surface area contributed by atoms with Crippen LogP contribution in [0.25, 0.3) is 10.9 Å². The summed E-state index contributed by atoms with van der Waals surface area (Å²) < 4.78 is 0. The van der Waals surface area contributed by atoms with Crippen molar-refractivity contribution in [3.05, 3.63) is 30.0 Å². The molecular formula is C17H22N4S. The summed E-state index contributed by atoms with van der Waals surface area (Å²) in [6.07, 6.45) is 5.25. The SMILES string of the molecule is NC[C@@H]1CSC(c2cc3cccc(NC4CCCC4)c3[nH]2)=N1. The lowest BCUT2D eigenvalue weighted by Crippen LogP contribution is -2.17. The first-order valence-corrected chi connectivity index (χ1v) is 9.11. The van der Waals surface area contributed by atoms with E-state index in [1.165, 1.54) is 42.3 Å². The molecule has 1 fully saturated rings. The Morgan fingerprint density at radius 2 is 2.18 bits per heavy atom. The molecule has 5 heteroatoms. The molecule has 1 saturated carbocycles. The first-order chi connectivity index (χ1) is 10.8. The molecule has 4 nitrogen and oxygen atoms in total. The summed E-state index contributed by atoms with van der Waals surface area (Å²) in [4.78, 5) is 8.28. The maximum absolute atomic E-state index is 5.72. The van der Waals surface area contributed by atoms with Crippen molar-refractivity contribution in [2.45, 2.75) is 37.8 Å². The van der Waals surface area contributed by atoms with Gasteiger partial charge in [-0.2, -0.15) is 0 Å². The second kappa shape index (κ2) is 5.97. The zero-order chi connectivity index (χ0) is 14.9. The fourth-order valence-corrected chi connectivity index (χ4v) is 4.42. The molecule has 2 heterocycles. The van der Waals surface area contributed by atoms with Gasteiger partial charge >= 0.3 is 0 Å². The molecule has 0 unspecified atom stereocenters. The summed E-state index contributed by atoms with van der Waals surface area (Å²) in [5.41, 5.74) is 9.26. The van der Waals surface area contributed by atoms with Gasteiger partial charge < -0.3 is 16.0 Å².